The molecule has 0 radical (unpaired) electrons. The topological polar surface area (TPSA) is 40.5 Å². The number of nitrogens with zero attached hydrogens (tertiary/aromatic N) is 1. The maximum Gasteiger partial charge on any atom is 0.337 e. The number of anilines is 1. The Morgan fingerprint density at radius 1 is 1.41 bits per heavy atom. The maximum absolute atomic E-state index is 13.2. The van der Waals surface area contributed by atoms with Crippen LogP contribution >= 0.6 is 0 Å². The monoisotopic (exact) mass is 241 g/mol. The summed E-state index contributed by atoms with van der Waals surface area (Å²) in [6.45, 7) is 2.62. The lowest BCUT2D eigenvalue weighted by Gasteiger charge is -2.25. The van der Waals surface area contributed by atoms with Crippen LogP contribution in [0.1, 0.15) is 30.1 Å². The average molecular weight is 241 g/mol. The van der Waals surface area contributed by atoms with E-state index in [0.29, 0.717) is 6.54 Å². The minimum atomic E-state index is -1.24. The van der Waals surface area contributed by atoms with Crippen molar-refractivity contribution < 1.29 is 18.7 Å². The molecule has 0 amide bonds. The molecule has 1 heterocycles. The highest BCUT2D eigenvalue weighted by Gasteiger charge is 2.26. The highest BCUT2D eigenvalue weighted by atomic mass is 19.2. The second kappa shape index (κ2) is 4.31. The van der Waals surface area contributed by atoms with Crippen molar-refractivity contribution in [1.82, 2.24) is 0 Å². The van der Waals surface area contributed by atoms with Gasteiger partial charge in [0.25, 0.3) is 0 Å². The molecular weight excluding hydrogens is 228 g/mol. The van der Waals surface area contributed by atoms with Gasteiger partial charge in [0.2, 0.25) is 0 Å². The maximum atomic E-state index is 13.2. The van der Waals surface area contributed by atoms with Crippen LogP contribution in [0.5, 0.6) is 0 Å². The number of benzene rings is 1. The summed E-state index contributed by atoms with van der Waals surface area (Å²) in [5.74, 6) is -3.37. The molecule has 0 aromatic heterocycles. The van der Waals surface area contributed by atoms with Gasteiger partial charge in [0.15, 0.2) is 11.6 Å². The molecule has 1 atom stereocenters. The van der Waals surface area contributed by atoms with Crippen LogP contribution in [-0.4, -0.2) is 23.7 Å². The quantitative estimate of drug-likeness (QED) is 0.865. The third-order valence-electron chi connectivity index (χ3n) is 3.13. The highest BCUT2D eigenvalue weighted by molar-refractivity contribution is 5.94. The van der Waals surface area contributed by atoms with Crippen molar-refractivity contribution in [2.45, 2.75) is 25.8 Å². The van der Waals surface area contributed by atoms with Crippen molar-refractivity contribution in [3.8, 4) is 0 Å². The van der Waals surface area contributed by atoms with Crippen molar-refractivity contribution in [3.05, 3.63) is 29.3 Å². The van der Waals surface area contributed by atoms with Crippen molar-refractivity contribution in [3.63, 3.8) is 0 Å². The van der Waals surface area contributed by atoms with Crippen LogP contribution in [0.25, 0.3) is 0 Å². The molecule has 1 fully saturated rings. The van der Waals surface area contributed by atoms with Crippen LogP contribution in [-0.2, 0) is 0 Å². The van der Waals surface area contributed by atoms with Crippen molar-refractivity contribution >= 4 is 11.7 Å². The molecule has 0 spiro atoms. The summed E-state index contributed by atoms with van der Waals surface area (Å²) >= 11 is 0. The Labute approximate surface area is 97.7 Å². The molecule has 1 aliphatic heterocycles. The van der Waals surface area contributed by atoms with Crippen LogP contribution in [0, 0.1) is 11.6 Å². The number of carbonyl (C=O) groups is 1. The van der Waals surface area contributed by atoms with Gasteiger partial charge in [0, 0.05) is 18.7 Å². The largest absolute Gasteiger partial charge is 0.478 e. The number of aromatic carboxylic acids is 1. The Morgan fingerprint density at radius 3 is 2.59 bits per heavy atom. The van der Waals surface area contributed by atoms with Gasteiger partial charge in [-0.05, 0) is 25.8 Å². The smallest absolute Gasteiger partial charge is 0.337 e. The van der Waals surface area contributed by atoms with Gasteiger partial charge < -0.3 is 10.0 Å². The molecule has 1 unspecified atom stereocenters. The standard InChI is InChI=1S/C12H13F2NO2/c1-7-3-2-4-15(7)11-6-10(14)9(13)5-8(11)12(16)17/h5-7H,2-4H2,1H3,(H,16,17). The van der Waals surface area contributed by atoms with E-state index in [-0.39, 0.29) is 17.3 Å². The first kappa shape index (κ1) is 11.8. The molecule has 1 aromatic carbocycles. The van der Waals surface area contributed by atoms with Crippen molar-refractivity contribution in [2.24, 2.45) is 0 Å². The van der Waals surface area contributed by atoms with Crippen LogP contribution in [0.3, 0.4) is 0 Å². The number of carboxylic acid groups (broad SMARTS) is 1. The number of hydrogen-bond donors (Lipinski definition) is 1. The predicted octanol–water partition coefficient (Wildman–Crippen LogP) is 2.65. The van der Waals surface area contributed by atoms with Crippen molar-refractivity contribution in [2.75, 3.05) is 11.4 Å². The van der Waals surface area contributed by atoms with Crippen LogP contribution < -0.4 is 4.90 Å². The van der Waals surface area contributed by atoms with E-state index in [9.17, 15) is 13.6 Å². The number of rotatable bonds is 2. The van der Waals surface area contributed by atoms with Gasteiger partial charge in [-0.1, -0.05) is 0 Å². The van der Waals surface area contributed by atoms with Gasteiger partial charge in [0.05, 0.1) is 11.3 Å². The Morgan fingerprint density at radius 2 is 2.06 bits per heavy atom. The fourth-order valence-corrected chi connectivity index (χ4v) is 2.24. The lowest BCUT2D eigenvalue weighted by atomic mass is 10.1. The minimum Gasteiger partial charge on any atom is -0.478 e. The summed E-state index contributed by atoms with van der Waals surface area (Å²) in [5.41, 5.74) is 0.0825. The molecule has 1 aliphatic rings. The number of hydrogen-bond acceptors (Lipinski definition) is 2. The van der Waals surface area contributed by atoms with Gasteiger partial charge in [-0.2, -0.15) is 0 Å². The molecule has 1 aromatic rings. The summed E-state index contributed by atoms with van der Waals surface area (Å²) in [7, 11) is 0. The van der Waals surface area contributed by atoms with Gasteiger partial charge in [-0.25, -0.2) is 13.6 Å². The van der Waals surface area contributed by atoms with Crippen LogP contribution in [0.4, 0.5) is 14.5 Å². The third-order valence-corrected chi connectivity index (χ3v) is 3.13. The first-order valence-electron chi connectivity index (χ1n) is 5.49. The molecule has 1 N–H and O–H groups in total. The van der Waals surface area contributed by atoms with E-state index in [2.05, 4.69) is 0 Å². The molecular formula is C12H13F2NO2. The summed E-state index contributed by atoms with van der Waals surface area (Å²) in [5, 5.41) is 9.01. The molecule has 5 heteroatoms. The van der Waals surface area contributed by atoms with E-state index in [4.69, 9.17) is 5.11 Å². The van der Waals surface area contributed by atoms with Gasteiger partial charge in [-0.15, -0.1) is 0 Å². The average Bonchev–Trinajstić information content (AvgIpc) is 2.67. The lowest BCUT2D eigenvalue weighted by molar-refractivity contribution is 0.0697. The molecule has 17 heavy (non-hydrogen) atoms. The van der Waals surface area contributed by atoms with Crippen molar-refractivity contribution in [1.29, 1.82) is 0 Å². The van der Waals surface area contributed by atoms with Gasteiger partial charge in [0.1, 0.15) is 0 Å². The summed E-state index contributed by atoms with van der Waals surface area (Å²) < 4.78 is 26.3. The second-order valence-corrected chi connectivity index (χ2v) is 4.27. The first-order valence-corrected chi connectivity index (χ1v) is 5.49. The summed E-state index contributed by atoms with van der Waals surface area (Å²) in [4.78, 5) is 12.8. The second-order valence-electron chi connectivity index (χ2n) is 4.27. The molecule has 0 saturated carbocycles. The fourth-order valence-electron chi connectivity index (χ4n) is 2.24. The molecule has 1 saturated heterocycles. The molecule has 0 bridgehead atoms. The van der Waals surface area contributed by atoms with Crippen LogP contribution in [0.15, 0.2) is 12.1 Å². The number of halogens is 2. The van der Waals surface area contributed by atoms with Gasteiger partial charge >= 0.3 is 5.97 Å². The Kier molecular flexibility index (Phi) is 3.00. The molecule has 3 nitrogen and oxygen atoms in total. The zero-order chi connectivity index (χ0) is 12.6. The Balaban J connectivity index is 2.51. The fraction of sp³-hybridized carbons (Fsp3) is 0.417. The highest BCUT2D eigenvalue weighted by Crippen LogP contribution is 2.30. The normalized spacial score (nSPS) is 19.7. The Bertz CT molecular complexity index is 462. The number of carboxylic acids is 1. The summed E-state index contributed by atoms with van der Waals surface area (Å²) in [6, 6.07) is 1.87. The van der Waals surface area contributed by atoms with Gasteiger partial charge in [-0.3, -0.25) is 0 Å². The molecule has 92 valence electrons. The minimum absolute atomic E-state index is 0.151. The zero-order valence-electron chi connectivity index (χ0n) is 9.41. The molecule has 0 aliphatic carbocycles. The van der Waals surface area contributed by atoms with E-state index < -0.39 is 17.6 Å². The molecule has 2 rings (SSSR count). The first-order chi connectivity index (χ1) is 8.00. The van der Waals surface area contributed by atoms with E-state index in [1.54, 1.807) is 0 Å². The lowest BCUT2D eigenvalue weighted by Crippen LogP contribution is -2.28. The summed E-state index contributed by atoms with van der Waals surface area (Å²) in [6.07, 6.45) is 1.86. The zero-order valence-corrected chi connectivity index (χ0v) is 9.41. The van der Waals surface area contributed by atoms with E-state index >= 15 is 0 Å². The van der Waals surface area contributed by atoms with E-state index in [0.717, 1.165) is 25.0 Å². The van der Waals surface area contributed by atoms with E-state index in [1.165, 1.54) is 0 Å². The van der Waals surface area contributed by atoms with Crippen LogP contribution in [0.2, 0.25) is 0 Å². The van der Waals surface area contributed by atoms with E-state index in [1.807, 2.05) is 11.8 Å². The Hall–Kier alpha value is -1.65. The predicted molar refractivity (Wildman–Crippen MR) is 59.4 cm³/mol. The third kappa shape index (κ3) is 2.09. The SMILES string of the molecule is CC1CCCN1c1cc(F)c(F)cc1C(=O)O.